The molecule has 2 heterocycles. The molecule has 2 aromatic heterocycles. The van der Waals surface area contributed by atoms with Gasteiger partial charge in [0.25, 0.3) is 5.89 Å². The number of nitriles is 1. The van der Waals surface area contributed by atoms with Crippen molar-refractivity contribution in [3.05, 3.63) is 52.1 Å². The summed E-state index contributed by atoms with van der Waals surface area (Å²) < 4.78 is 5.19. The van der Waals surface area contributed by atoms with Crippen molar-refractivity contribution in [1.82, 2.24) is 15.1 Å². The standard InChI is InChI=1S/C14H6Cl2N4O/c15-10-5-11(16)12(18-7-10)13-19-14(21-20-13)9-3-1-8(6-17)2-4-9/h1-5,7H. The molecule has 3 rings (SSSR count). The number of halogens is 2. The summed E-state index contributed by atoms with van der Waals surface area (Å²) in [4.78, 5) is 8.34. The number of nitrogens with zero attached hydrogens (tertiary/aromatic N) is 4. The van der Waals surface area contributed by atoms with E-state index in [-0.39, 0.29) is 5.82 Å². The second-order valence-corrected chi connectivity index (χ2v) is 4.94. The van der Waals surface area contributed by atoms with Gasteiger partial charge in [0.15, 0.2) is 0 Å². The normalized spacial score (nSPS) is 10.3. The molecule has 1 aromatic carbocycles. The first-order valence-corrected chi connectivity index (χ1v) is 6.58. The van der Waals surface area contributed by atoms with Crippen molar-refractivity contribution in [2.75, 3.05) is 0 Å². The molecule has 0 bridgehead atoms. The molecule has 0 aliphatic carbocycles. The lowest BCUT2D eigenvalue weighted by molar-refractivity contribution is 0.432. The summed E-state index contributed by atoms with van der Waals surface area (Å²) in [5.41, 5.74) is 1.66. The van der Waals surface area contributed by atoms with Crippen molar-refractivity contribution in [1.29, 1.82) is 5.26 Å². The van der Waals surface area contributed by atoms with Crippen LogP contribution in [0.1, 0.15) is 5.56 Å². The highest BCUT2D eigenvalue weighted by atomic mass is 35.5. The van der Waals surface area contributed by atoms with Gasteiger partial charge >= 0.3 is 0 Å². The van der Waals surface area contributed by atoms with Gasteiger partial charge in [-0.25, -0.2) is 4.98 Å². The van der Waals surface area contributed by atoms with Crippen LogP contribution in [0.5, 0.6) is 0 Å². The van der Waals surface area contributed by atoms with Gasteiger partial charge < -0.3 is 4.52 Å². The van der Waals surface area contributed by atoms with E-state index in [1.807, 2.05) is 6.07 Å². The molecule has 0 aliphatic heterocycles. The number of benzene rings is 1. The lowest BCUT2D eigenvalue weighted by atomic mass is 10.1. The predicted octanol–water partition coefficient (Wildman–Crippen LogP) is 3.98. The highest BCUT2D eigenvalue weighted by molar-refractivity contribution is 6.35. The molecule has 0 N–H and O–H groups in total. The van der Waals surface area contributed by atoms with Gasteiger partial charge in [0.2, 0.25) is 5.82 Å². The Morgan fingerprint density at radius 2 is 1.90 bits per heavy atom. The third-order valence-electron chi connectivity index (χ3n) is 2.71. The molecule has 0 unspecified atom stereocenters. The van der Waals surface area contributed by atoms with Gasteiger partial charge in [-0.1, -0.05) is 28.4 Å². The van der Waals surface area contributed by atoms with Crippen LogP contribution in [0, 0.1) is 11.3 Å². The number of rotatable bonds is 2. The monoisotopic (exact) mass is 316 g/mol. The maximum atomic E-state index is 8.77. The van der Waals surface area contributed by atoms with Gasteiger partial charge in [0.05, 0.1) is 21.7 Å². The smallest absolute Gasteiger partial charge is 0.258 e. The number of aromatic nitrogens is 3. The summed E-state index contributed by atoms with van der Waals surface area (Å²) in [5, 5.41) is 13.4. The SMILES string of the molecule is N#Cc1ccc(-c2nc(-c3ncc(Cl)cc3Cl)no2)cc1. The molecule has 7 heteroatoms. The minimum Gasteiger partial charge on any atom is -0.334 e. The van der Waals surface area contributed by atoms with Gasteiger partial charge in [-0.2, -0.15) is 10.2 Å². The van der Waals surface area contributed by atoms with E-state index in [1.54, 1.807) is 30.3 Å². The second-order valence-electron chi connectivity index (χ2n) is 4.10. The molecule has 0 spiro atoms. The topological polar surface area (TPSA) is 75.6 Å². The van der Waals surface area contributed by atoms with Gasteiger partial charge in [-0.15, -0.1) is 0 Å². The van der Waals surface area contributed by atoms with Crippen molar-refractivity contribution in [2.24, 2.45) is 0 Å². The zero-order valence-corrected chi connectivity index (χ0v) is 11.9. The average molecular weight is 317 g/mol. The van der Waals surface area contributed by atoms with Crippen LogP contribution in [0.2, 0.25) is 10.0 Å². The maximum Gasteiger partial charge on any atom is 0.258 e. The van der Waals surface area contributed by atoms with Crippen molar-refractivity contribution in [3.63, 3.8) is 0 Å². The lowest BCUT2D eigenvalue weighted by Gasteiger charge is -1.97. The fourth-order valence-corrected chi connectivity index (χ4v) is 2.17. The average Bonchev–Trinajstić information content (AvgIpc) is 2.97. The fourth-order valence-electron chi connectivity index (χ4n) is 1.70. The van der Waals surface area contributed by atoms with E-state index in [0.717, 1.165) is 0 Å². The Kier molecular flexibility index (Phi) is 3.57. The third kappa shape index (κ3) is 2.72. The molecule has 102 valence electrons. The molecule has 0 aliphatic rings. The van der Waals surface area contributed by atoms with E-state index in [0.29, 0.717) is 32.8 Å². The van der Waals surface area contributed by atoms with Crippen molar-refractivity contribution in [2.45, 2.75) is 0 Å². The third-order valence-corrected chi connectivity index (χ3v) is 3.20. The highest BCUT2D eigenvalue weighted by Gasteiger charge is 2.14. The molecule has 0 atom stereocenters. The zero-order valence-electron chi connectivity index (χ0n) is 10.4. The molecule has 0 fully saturated rings. The van der Waals surface area contributed by atoms with Gasteiger partial charge in [-0.3, -0.25) is 0 Å². The van der Waals surface area contributed by atoms with Crippen molar-refractivity contribution in [3.8, 4) is 29.0 Å². The van der Waals surface area contributed by atoms with E-state index < -0.39 is 0 Å². The molecule has 0 saturated carbocycles. The number of hydrogen-bond donors (Lipinski definition) is 0. The Morgan fingerprint density at radius 1 is 1.14 bits per heavy atom. The van der Waals surface area contributed by atoms with Crippen LogP contribution in [0.25, 0.3) is 23.0 Å². The summed E-state index contributed by atoms with van der Waals surface area (Å²) in [6.45, 7) is 0. The minimum atomic E-state index is 0.274. The number of pyridine rings is 1. The van der Waals surface area contributed by atoms with Crippen molar-refractivity contribution < 1.29 is 4.52 Å². The van der Waals surface area contributed by atoms with Gasteiger partial charge in [0.1, 0.15) is 5.69 Å². The van der Waals surface area contributed by atoms with Crippen LogP contribution < -0.4 is 0 Å². The Bertz CT molecular complexity index is 837. The Hall–Kier alpha value is -2.42. The molecule has 0 saturated heterocycles. The first kappa shape index (κ1) is 13.6. The summed E-state index contributed by atoms with van der Waals surface area (Å²) >= 11 is 11.9. The molecule has 5 nitrogen and oxygen atoms in total. The van der Waals surface area contributed by atoms with Gasteiger partial charge in [-0.05, 0) is 30.3 Å². The largest absolute Gasteiger partial charge is 0.334 e. The predicted molar refractivity (Wildman–Crippen MR) is 77.7 cm³/mol. The van der Waals surface area contributed by atoms with Crippen molar-refractivity contribution >= 4 is 23.2 Å². The van der Waals surface area contributed by atoms with E-state index >= 15 is 0 Å². The number of hydrogen-bond acceptors (Lipinski definition) is 5. The second kappa shape index (κ2) is 5.52. The van der Waals surface area contributed by atoms with E-state index in [9.17, 15) is 0 Å². The van der Waals surface area contributed by atoms with Crippen LogP contribution in [0.3, 0.4) is 0 Å². The quantitative estimate of drug-likeness (QED) is 0.714. The molecule has 21 heavy (non-hydrogen) atoms. The Balaban J connectivity index is 1.97. The van der Waals surface area contributed by atoms with Crippen LogP contribution in [-0.4, -0.2) is 15.1 Å². The summed E-state index contributed by atoms with van der Waals surface area (Å²) in [6.07, 6.45) is 1.46. The fraction of sp³-hybridized carbons (Fsp3) is 0. The minimum absolute atomic E-state index is 0.274. The Morgan fingerprint density at radius 3 is 2.57 bits per heavy atom. The van der Waals surface area contributed by atoms with Crippen LogP contribution in [0.15, 0.2) is 41.1 Å². The van der Waals surface area contributed by atoms with E-state index in [2.05, 4.69) is 15.1 Å². The van der Waals surface area contributed by atoms with E-state index in [4.69, 9.17) is 33.0 Å². The lowest BCUT2D eigenvalue weighted by Crippen LogP contribution is -1.87. The molecule has 3 aromatic rings. The molecule has 0 radical (unpaired) electrons. The summed E-state index contributed by atoms with van der Waals surface area (Å²) in [6, 6.07) is 10.4. The Labute approximate surface area is 129 Å². The van der Waals surface area contributed by atoms with Crippen LogP contribution >= 0.6 is 23.2 Å². The summed E-state index contributed by atoms with van der Waals surface area (Å²) in [5.74, 6) is 0.596. The first-order chi connectivity index (χ1) is 10.2. The molecular weight excluding hydrogens is 311 g/mol. The zero-order chi connectivity index (χ0) is 14.8. The first-order valence-electron chi connectivity index (χ1n) is 5.83. The summed E-state index contributed by atoms with van der Waals surface area (Å²) in [7, 11) is 0. The van der Waals surface area contributed by atoms with Crippen LogP contribution in [-0.2, 0) is 0 Å². The van der Waals surface area contributed by atoms with E-state index in [1.165, 1.54) is 6.20 Å². The maximum absolute atomic E-state index is 8.77. The highest BCUT2D eigenvalue weighted by Crippen LogP contribution is 2.27. The molecular formula is C14H6Cl2N4O. The van der Waals surface area contributed by atoms with Crippen LogP contribution in [0.4, 0.5) is 0 Å². The van der Waals surface area contributed by atoms with Gasteiger partial charge in [0, 0.05) is 11.8 Å². The molecule has 0 amide bonds.